The molecular weight excluding hydrogens is 342 g/mol. The molecule has 1 aromatic heterocycles. The molecule has 0 spiro atoms. The lowest BCUT2D eigenvalue weighted by atomic mass is 10.1. The molecule has 0 aromatic carbocycles. The first-order chi connectivity index (χ1) is 9.38. The Morgan fingerprint density at radius 2 is 2.10 bits per heavy atom. The molecule has 0 fully saturated rings. The largest absolute Gasteiger partial charge is 0.481 e. The predicted octanol–water partition coefficient (Wildman–Crippen LogP) is 3.40. The summed E-state index contributed by atoms with van der Waals surface area (Å²) in [5.74, 6) is -0.498. The fourth-order valence-corrected chi connectivity index (χ4v) is 3.32. The highest BCUT2D eigenvalue weighted by molar-refractivity contribution is 9.10. The molecule has 0 aliphatic rings. The summed E-state index contributed by atoms with van der Waals surface area (Å²) in [5, 5.41) is 10.7. The van der Waals surface area contributed by atoms with Crippen molar-refractivity contribution < 1.29 is 14.7 Å². The van der Waals surface area contributed by atoms with Gasteiger partial charge in [0.15, 0.2) is 0 Å². The van der Waals surface area contributed by atoms with Crippen LogP contribution in [0, 0.1) is 5.92 Å². The second-order valence-corrected chi connectivity index (χ2v) is 7.02. The third-order valence-corrected chi connectivity index (χ3v) is 4.50. The molecule has 1 heterocycles. The lowest BCUT2D eigenvalue weighted by molar-refractivity contribution is -0.138. The van der Waals surface area contributed by atoms with Crippen molar-refractivity contribution >= 4 is 39.1 Å². The van der Waals surface area contributed by atoms with E-state index in [0.29, 0.717) is 31.8 Å². The minimum absolute atomic E-state index is 0.00299. The first-order valence-corrected chi connectivity index (χ1v) is 8.28. The minimum atomic E-state index is -0.867. The highest BCUT2D eigenvalue weighted by atomic mass is 79.9. The highest BCUT2D eigenvalue weighted by Gasteiger charge is 2.16. The van der Waals surface area contributed by atoms with Crippen LogP contribution in [-0.4, -0.2) is 35.0 Å². The van der Waals surface area contributed by atoms with Crippen LogP contribution in [0.3, 0.4) is 0 Å². The van der Waals surface area contributed by atoms with E-state index in [-0.39, 0.29) is 12.3 Å². The van der Waals surface area contributed by atoms with E-state index in [0.717, 1.165) is 9.35 Å². The number of nitrogens with zero attached hydrogens (tertiary/aromatic N) is 1. The first kappa shape index (κ1) is 17.2. The monoisotopic (exact) mass is 361 g/mol. The maximum absolute atomic E-state index is 12.2. The summed E-state index contributed by atoms with van der Waals surface area (Å²) in [7, 11) is 0. The van der Waals surface area contributed by atoms with E-state index in [2.05, 4.69) is 15.9 Å². The van der Waals surface area contributed by atoms with Gasteiger partial charge in [-0.2, -0.15) is 0 Å². The van der Waals surface area contributed by atoms with Gasteiger partial charge in [0, 0.05) is 34.2 Å². The van der Waals surface area contributed by atoms with E-state index in [9.17, 15) is 9.59 Å². The van der Waals surface area contributed by atoms with Crippen LogP contribution in [-0.2, 0) is 16.0 Å². The van der Waals surface area contributed by atoms with Crippen molar-refractivity contribution in [3.8, 4) is 0 Å². The predicted molar refractivity (Wildman–Crippen MR) is 84.0 cm³/mol. The topological polar surface area (TPSA) is 57.6 Å². The Bertz CT molecular complexity index is 459. The molecule has 0 bridgehead atoms. The summed E-state index contributed by atoms with van der Waals surface area (Å²) in [6.07, 6.45) is 1.14. The minimum Gasteiger partial charge on any atom is -0.481 e. The third kappa shape index (κ3) is 6.52. The molecule has 0 atom stereocenters. The van der Waals surface area contributed by atoms with E-state index in [4.69, 9.17) is 5.11 Å². The van der Waals surface area contributed by atoms with Crippen LogP contribution in [0.5, 0.6) is 0 Å². The van der Waals surface area contributed by atoms with E-state index in [1.165, 1.54) is 0 Å². The standard InChI is InChI=1S/C14H20BrNO3S/c1-10(2)8-16(6-5-14(18)19)13(17)4-3-12-7-11(15)9-20-12/h7,9-10H,3-6,8H2,1-2H3,(H,18,19). The van der Waals surface area contributed by atoms with Crippen molar-refractivity contribution in [1.82, 2.24) is 4.90 Å². The lowest BCUT2D eigenvalue weighted by Gasteiger charge is -2.24. The zero-order chi connectivity index (χ0) is 15.1. The van der Waals surface area contributed by atoms with Gasteiger partial charge in [-0.25, -0.2) is 0 Å². The van der Waals surface area contributed by atoms with Gasteiger partial charge in [0.1, 0.15) is 0 Å². The molecule has 1 amide bonds. The number of rotatable bonds is 8. The normalized spacial score (nSPS) is 10.8. The molecule has 0 radical (unpaired) electrons. The SMILES string of the molecule is CC(C)CN(CCC(=O)O)C(=O)CCc1cc(Br)cs1. The van der Waals surface area contributed by atoms with Gasteiger partial charge in [-0.15, -0.1) is 11.3 Å². The Morgan fingerprint density at radius 1 is 1.40 bits per heavy atom. The molecule has 6 heteroatoms. The van der Waals surface area contributed by atoms with Gasteiger partial charge in [-0.3, -0.25) is 9.59 Å². The number of aliphatic carboxylic acids is 1. The number of carboxylic acid groups (broad SMARTS) is 1. The summed E-state index contributed by atoms with van der Waals surface area (Å²) < 4.78 is 1.04. The number of carbonyl (C=O) groups is 2. The van der Waals surface area contributed by atoms with Gasteiger partial charge in [0.05, 0.1) is 6.42 Å². The summed E-state index contributed by atoms with van der Waals surface area (Å²) in [5.41, 5.74) is 0. The number of carbonyl (C=O) groups excluding carboxylic acids is 1. The van der Waals surface area contributed by atoms with Gasteiger partial charge in [-0.1, -0.05) is 13.8 Å². The fourth-order valence-electron chi connectivity index (χ4n) is 1.86. The molecule has 20 heavy (non-hydrogen) atoms. The Balaban J connectivity index is 2.50. The molecule has 0 saturated heterocycles. The van der Waals surface area contributed by atoms with Crippen molar-refractivity contribution in [1.29, 1.82) is 0 Å². The molecule has 4 nitrogen and oxygen atoms in total. The van der Waals surface area contributed by atoms with Crippen LogP contribution in [0.25, 0.3) is 0 Å². The maximum Gasteiger partial charge on any atom is 0.305 e. The number of hydrogen-bond donors (Lipinski definition) is 1. The van der Waals surface area contributed by atoms with Crippen molar-refractivity contribution in [2.75, 3.05) is 13.1 Å². The second-order valence-electron chi connectivity index (χ2n) is 5.11. The molecule has 0 aliphatic carbocycles. The Labute approximate surface area is 131 Å². The van der Waals surface area contributed by atoms with Gasteiger partial charge in [0.2, 0.25) is 5.91 Å². The number of amides is 1. The van der Waals surface area contributed by atoms with Crippen LogP contribution in [0.4, 0.5) is 0 Å². The quantitative estimate of drug-likeness (QED) is 0.771. The van der Waals surface area contributed by atoms with E-state index in [1.54, 1.807) is 16.2 Å². The van der Waals surface area contributed by atoms with Crippen LogP contribution >= 0.6 is 27.3 Å². The number of hydrogen-bond acceptors (Lipinski definition) is 3. The molecule has 1 rings (SSSR count). The smallest absolute Gasteiger partial charge is 0.305 e. The fraction of sp³-hybridized carbons (Fsp3) is 0.571. The summed E-state index contributed by atoms with van der Waals surface area (Å²) in [6, 6.07) is 2.02. The zero-order valence-electron chi connectivity index (χ0n) is 11.8. The van der Waals surface area contributed by atoms with Gasteiger partial charge in [0.25, 0.3) is 0 Å². The van der Waals surface area contributed by atoms with E-state index < -0.39 is 5.97 Å². The number of thiophene rings is 1. The molecule has 1 N–H and O–H groups in total. The molecule has 112 valence electrons. The first-order valence-electron chi connectivity index (χ1n) is 6.61. The Kier molecular flexibility index (Phi) is 7.23. The Morgan fingerprint density at radius 3 is 2.60 bits per heavy atom. The maximum atomic E-state index is 12.2. The van der Waals surface area contributed by atoms with E-state index in [1.807, 2.05) is 25.3 Å². The Hall–Kier alpha value is -0.880. The second kappa shape index (κ2) is 8.42. The number of carboxylic acids is 1. The van der Waals surface area contributed by atoms with Gasteiger partial charge < -0.3 is 10.0 Å². The third-order valence-electron chi connectivity index (χ3n) is 2.74. The summed E-state index contributed by atoms with van der Waals surface area (Å²) in [6.45, 7) is 4.95. The van der Waals surface area contributed by atoms with Crippen LogP contribution in [0.2, 0.25) is 0 Å². The molecule has 0 aliphatic heterocycles. The summed E-state index contributed by atoms with van der Waals surface area (Å²) >= 11 is 5.02. The molecule has 0 saturated carbocycles. The van der Waals surface area contributed by atoms with Crippen molar-refractivity contribution in [3.63, 3.8) is 0 Å². The van der Waals surface area contributed by atoms with Crippen LogP contribution in [0.1, 0.15) is 31.6 Å². The van der Waals surface area contributed by atoms with Crippen molar-refractivity contribution in [2.45, 2.75) is 33.1 Å². The lowest BCUT2D eigenvalue weighted by Crippen LogP contribution is -2.36. The molecule has 0 unspecified atom stereocenters. The zero-order valence-corrected chi connectivity index (χ0v) is 14.2. The highest BCUT2D eigenvalue weighted by Crippen LogP contribution is 2.21. The average Bonchev–Trinajstić information content (AvgIpc) is 2.76. The van der Waals surface area contributed by atoms with Crippen LogP contribution in [0.15, 0.2) is 15.9 Å². The van der Waals surface area contributed by atoms with Gasteiger partial charge >= 0.3 is 5.97 Å². The number of halogens is 1. The molecular formula is C14H20BrNO3S. The average molecular weight is 362 g/mol. The van der Waals surface area contributed by atoms with Crippen molar-refractivity contribution in [3.05, 3.63) is 20.8 Å². The van der Waals surface area contributed by atoms with Crippen LogP contribution < -0.4 is 0 Å². The van der Waals surface area contributed by atoms with Gasteiger partial charge in [-0.05, 0) is 34.3 Å². The van der Waals surface area contributed by atoms with E-state index >= 15 is 0 Å². The summed E-state index contributed by atoms with van der Waals surface area (Å²) in [4.78, 5) is 25.7. The van der Waals surface area contributed by atoms with Crippen molar-refractivity contribution in [2.24, 2.45) is 5.92 Å². The number of aryl methyl sites for hydroxylation is 1. The molecule has 1 aromatic rings.